The predicted molar refractivity (Wildman–Crippen MR) is 90.5 cm³/mol. The zero-order valence-corrected chi connectivity index (χ0v) is 14.5. The third-order valence-corrected chi connectivity index (χ3v) is 4.37. The van der Waals surface area contributed by atoms with E-state index in [4.69, 9.17) is 16.3 Å². The number of nitrogens with zero attached hydrogens (tertiary/aromatic N) is 1. The van der Waals surface area contributed by atoms with Crippen LogP contribution in [-0.2, 0) is 20.9 Å². The molecule has 8 heteroatoms. The maximum atomic E-state index is 12.7. The Bertz CT molecular complexity index is 576. The summed E-state index contributed by atoms with van der Waals surface area (Å²) in [4.78, 5) is 23.2. The molecule has 0 radical (unpaired) electrons. The molecule has 138 valence electrons. The lowest BCUT2D eigenvalue weighted by molar-refractivity contribution is -0.137. The maximum absolute atomic E-state index is 12.7. The van der Waals surface area contributed by atoms with E-state index < -0.39 is 11.9 Å². The Labute approximate surface area is 150 Å². The molecule has 1 atom stereocenters. The van der Waals surface area contributed by atoms with Gasteiger partial charge in [-0.1, -0.05) is 11.6 Å². The molecule has 6 nitrogen and oxygen atoms in total. The summed E-state index contributed by atoms with van der Waals surface area (Å²) in [5.74, 6) is -0.489. The lowest BCUT2D eigenvalue weighted by atomic mass is 10.1. The highest BCUT2D eigenvalue weighted by molar-refractivity contribution is 6.30. The molecule has 1 aromatic carbocycles. The van der Waals surface area contributed by atoms with Gasteiger partial charge in [0.15, 0.2) is 0 Å². The van der Waals surface area contributed by atoms with Crippen molar-refractivity contribution in [3.05, 3.63) is 34.6 Å². The predicted octanol–water partition coefficient (Wildman–Crippen LogP) is 1.48. The normalized spacial score (nSPS) is 20.8. The maximum Gasteiger partial charge on any atom is 0.251 e. The third kappa shape index (κ3) is 5.95. The third-order valence-electron chi connectivity index (χ3n) is 4.16. The molecule has 2 saturated heterocycles. The van der Waals surface area contributed by atoms with Crippen molar-refractivity contribution in [1.82, 2.24) is 10.2 Å². The van der Waals surface area contributed by atoms with Crippen LogP contribution in [0.3, 0.4) is 0 Å². The van der Waals surface area contributed by atoms with Crippen LogP contribution in [-0.4, -0.2) is 54.2 Å². The van der Waals surface area contributed by atoms with Crippen molar-refractivity contribution < 1.29 is 23.8 Å². The quantitative estimate of drug-likeness (QED) is 0.785. The van der Waals surface area contributed by atoms with Crippen molar-refractivity contribution in [1.29, 1.82) is 0 Å². The number of aliphatic hydroxyl groups excluding tert-OH is 1. The molecule has 0 aliphatic carbocycles. The van der Waals surface area contributed by atoms with E-state index in [2.05, 4.69) is 5.32 Å². The second-order valence-corrected chi connectivity index (χ2v) is 6.39. The van der Waals surface area contributed by atoms with Crippen LogP contribution in [0.25, 0.3) is 0 Å². The van der Waals surface area contributed by atoms with E-state index in [0.717, 1.165) is 26.1 Å². The average molecular weight is 373 g/mol. The number of amides is 2. The summed E-state index contributed by atoms with van der Waals surface area (Å²) in [5, 5.41) is 12.0. The summed E-state index contributed by atoms with van der Waals surface area (Å²) in [7, 11) is 0. The molecular formula is C17H22ClFN2O4. The Balaban J connectivity index is 0.000000181. The summed E-state index contributed by atoms with van der Waals surface area (Å²) in [6, 6.07) is 4.44. The van der Waals surface area contributed by atoms with Gasteiger partial charge in [-0.2, -0.15) is 0 Å². The van der Waals surface area contributed by atoms with Gasteiger partial charge in [-0.25, -0.2) is 4.39 Å². The zero-order chi connectivity index (χ0) is 18.2. The standard InChI is InChI=1S/C9H15NO3.C8H7ClFNO/c11-8-1-4-10(9(8)12)7-2-5-13-6-3-7;9-7-1-6(4-11-5-12)2-8(10)3-7/h7-8,11H,1-6H2;1-3,5H,4H2,(H,11,12). The first kappa shape index (κ1) is 19.6. The minimum absolute atomic E-state index is 0.0908. The Morgan fingerprint density at radius 1 is 1.32 bits per heavy atom. The van der Waals surface area contributed by atoms with Gasteiger partial charge >= 0.3 is 0 Å². The molecule has 2 fully saturated rings. The van der Waals surface area contributed by atoms with Gasteiger partial charge in [-0.3, -0.25) is 9.59 Å². The van der Waals surface area contributed by atoms with E-state index in [0.29, 0.717) is 42.5 Å². The summed E-state index contributed by atoms with van der Waals surface area (Å²) < 4.78 is 17.9. The van der Waals surface area contributed by atoms with E-state index >= 15 is 0 Å². The number of carbonyl (C=O) groups is 2. The summed E-state index contributed by atoms with van der Waals surface area (Å²) in [6.07, 6.45) is 2.23. The van der Waals surface area contributed by atoms with Crippen LogP contribution in [0.4, 0.5) is 4.39 Å². The molecule has 2 amide bonds. The molecule has 0 aromatic heterocycles. The average Bonchev–Trinajstić information content (AvgIpc) is 2.93. The van der Waals surface area contributed by atoms with E-state index in [1.54, 1.807) is 6.07 Å². The van der Waals surface area contributed by atoms with Crippen molar-refractivity contribution in [2.45, 2.75) is 38.0 Å². The van der Waals surface area contributed by atoms with Gasteiger partial charge in [0.25, 0.3) is 5.91 Å². The van der Waals surface area contributed by atoms with Gasteiger partial charge in [0, 0.05) is 37.4 Å². The van der Waals surface area contributed by atoms with E-state index in [9.17, 15) is 19.1 Å². The number of hydrogen-bond acceptors (Lipinski definition) is 4. The Morgan fingerprint density at radius 2 is 2.04 bits per heavy atom. The fourth-order valence-corrected chi connectivity index (χ4v) is 3.16. The van der Waals surface area contributed by atoms with Crippen molar-refractivity contribution in [2.24, 2.45) is 0 Å². The van der Waals surface area contributed by atoms with Crippen molar-refractivity contribution in [2.75, 3.05) is 19.8 Å². The molecule has 2 N–H and O–H groups in total. The number of hydrogen-bond donors (Lipinski definition) is 2. The number of halogens is 2. The van der Waals surface area contributed by atoms with Crippen LogP contribution in [0.2, 0.25) is 5.02 Å². The van der Waals surface area contributed by atoms with Crippen LogP contribution < -0.4 is 5.32 Å². The van der Waals surface area contributed by atoms with Crippen LogP contribution >= 0.6 is 11.6 Å². The fourth-order valence-electron chi connectivity index (χ4n) is 2.92. The molecule has 0 spiro atoms. The highest BCUT2D eigenvalue weighted by Crippen LogP contribution is 2.21. The Kier molecular flexibility index (Phi) is 7.61. The molecule has 2 aliphatic rings. The van der Waals surface area contributed by atoms with Gasteiger partial charge in [-0.05, 0) is 43.0 Å². The van der Waals surface area contributed by atoms with E-state index in [-0.39, 0.29) is 5.91 Å². The lowest BCUT2D eigenvalue weighted by Gasteiger charge is -2.30. The van der Waals surface area contributed by atoms with Crippen molar-refractivity contribution in [3.8, 4) is 0 Å². The number of ether oxygens (including phenoxy) is 1. The largest absolute Gasteiger partial charge is 0.383 e. The van der Waals surface area contributed by atoms with Crippen LogP contribution in [0.15, 0.2) is 18.2 Å². The first-order valence-electron chi connectivity index (χ1n) is 8.19. The molecule has 2 aliphatic heterocycles. The minimum atomic E-state index is -0.747. The number of carbonyl (C=O) groups excluding carboxylic acids is 2. The smallest absolute Gasteiger partial charge is 0.251 e. The molecular weight excluding hydrogens is 351 g/mol. The van der Waals surface area contributed by atoms with Crippen LogP contribution in [0.5, 0.6) is 0 Å². The summed E-state index contributed by atoms with van der Waals surface area (Å²) in [5.41, 5.74) is 0.645. The highest BCUT2D eigenvalue weighted by atomic mass is 35.5. The molecule has 1 unspecified atom stereocenters. The first-order chi connectivity index (χ1) is 12.0. The van der Waals surface area contributed by atoms with Gasteiger partial charge in [-0.15, -0.1) is 0 Å². The van der Waals surface area contributed by atoms with E-state index in [1.165, 1.54) is 12.1 Å². The van der Waals surface area contributed by atoms with Gasteiger partial charge in [0.1, 0.15) is 11.9 Å². The molecule has 0 saturated carbocycles. The molecule has 25 heavy (non-hydrogen) atoms. The monoisotopic (exact) mass is 372 g/mol. The number of likely N-dealkylation sites (tertiary alicyclic amines) is 1. The molecule has 2 heterocycles. The number of nitrogens with one attached hydrogen (secondary N) is 1. The topological polar surface area (TPSA) is 78.9 Å². The number of aliphatic hydroxyl groups is 1. The van der Waals surface area contributed by atoms with E-state index in [1.807, 2.05) is 4.90 Å². The Morgan fingerprint density at radius 3 is 2.60 bits per heavy atom. The Hall–Kier alpha value is -1.70. The van der Waals surface area contributed by atoms with Gasteiger partial charge in [0.05, 0.1) is 0 Å². The van der Waals surface area contributed by atoms with Crippen molar-refractivity contribution in [3.63, 3.8) is 0 Å². The molecule has 3 rings (SSSR count). The molecule has 1 aromatic rings. The summed E-state index contributed by atoms with van der Waals surface area (Å²) >= 11 is 5.57. The number of rotatable bonds is 4. The number of benzene rings is 1. The van der Waals surface area contributed by atoms with Gasteiger partial charge < -0.3 is 20.1 Å². The van der Waals surface area contributed by atoms with Crippen LogP contribution in [0.1, 0.15) is 24.8 Å². The second kappa shape index (κ2) is 9.70. The second-order valence-electron chi connectivity index (χ2n) is 5.96. The fraction of sp³-hybridized carbons (Fsp3) is 0.529. The van der Waals surface area contributed by atoms with Crippen LogP contribution in [0, 0.1) is 5.82 Å². The van der Waals surface area contributed by atoms with Crippen molar-refractivity contribution >= 4 is 23.9 Å². The SMILES string of the molecule is O=C1C(O)CCN1C1CCOCC1.O=CNCc1cc(F)cc(Cl)c1. The lowest BCUT2D eigenvalue weighted by Crippen LogP contribution is -2.41. The van der Waals surface area contributed by atoms with Gasteiger partial charge in [0.2, 0.25) is 6.41 Å². The highest BCUT2D eigenvalue weighted by Gasteiger charge is 2.34. The molecule has 0 bridgehead atoms. The first-order valence-corrected chi connectivity index (χ1v) is 8.57. The minimum Gasteiger partial charge on any atom is -0.383 e. The summed E-state index contributed by atoms with van der Waals surface area (Å²) in [6.45, 7) is 2.49. The zero-order valence-electron chi connectivity index (χ0n) is 13.8.